The third-order valence-corrected chi connectivity index (χ3v) is 3.16. The number of halogens is 1. The molecule has 3 rings (SSSR count). The van der Waals surface area contributed by atoms with E-state index in [1.54, 1.807) is 10.9 Å². The lowest BCUT2D eigenvalue weighted by atomic mass is 10.1. The Kier molecular flexibility index (Phi) is 2.60. The molecule has 0 bridgehead atoms. The van der Waals surface area contributed by atoms with E-state index in [2.05, 4.69) is 31.2 Å². The second-order valence-electron chi connectivity index (χ2n) is 3.66. The molecule has 0 fully saturated rings. The van der Waals surface area contributed by atoms with Gasteiger partial charge in [0.2, 0.25) is 0 Å². The summed E-state index contributed by atoms with van der Waals surface area (Å²) >= 11 is 3.37. The lowest BCUT2D eigenvalue weighted by Gasteiger charge is -2.04. The van der Waals surface area contributed by atoms with Crippen molar-refractivity contribution in [3.05, 3.63) is 48.5 Å². The summed E-state index contributed by atoms with van der Waals surface area (Å²) in [5, 5.41) is 11.1. The fourth-order valence-electron chi connectivity index (χ4n) is 1.78. The monoisotopic (exact) mass is 288 g/mol. The number of hydrogen-bond acceptors (Lipinski definition) is 3. The number of benzene rings is 1. The lowest BCUT2D eigenvalue weighted by Crippen LogP contribution is -1.96. The molecule has 0 atom stereocenters. The molecule has 0 radical (unpaired) electrons. The number of rotatable bonds is 2. The van der Waals surface area contributed by atoms with E-state index < -0.39 is 0 Å². The van der Waals surface area contributed by atoms with E-state index in [0.29, 0.717) is 5.33 Å². The SMILES string of the molecule is BrCc1cn(-c2cccc3cnccc23)nn1. The average Bonchev–Trinajstić information content (AvgIpc) is 2.87. The lowest BCUT2D eigenvalue weighted by molar-refractivity contribution is 0.805. The van der Waals surface area contributed by atoms with Crippen LogP contribution >= 0.6 is 15.9 Å². The molecule has 0 aliphatic heterocycles. The molecule has 1 aromatic carbocycles. The van der Waals surface area contributed by atoms with Crippen LogP contribution in [0.4, 0.5) is 0 Å². The summed E-state index contributed by atoms with van der Waals surface area (Å²) in [4.78, 5) is 4.12. The van der Waals surface area contributed by atoms with Gasteiger partial charge in [-0.2, -0.15) is 0 Å². The van der Waals surface area contributed by atoms with Crippen molar-refractivity contribution in [2.24, 2.45) is 0 Å². The molecular weight excluding hydrogens is 280 g/mol. The zero-order valence-electron chi connectivity index (χ0n) is 8.92. The van der Waals surface area contributed by atoms with E-state index in [1.807, 2.05) is 36.7 Å². The molecule has 0 spiro atoms. The Morgan fingerprint density at radius 2 is 2.18 bits per heavy atom. The first kappa shape index (κ1) is 10.4. The topological polar surface area (TPSA) is 43.6 Å². The van der Waals surface area contributed by atoms with Crippen molar-refractivity contribution < 1.29 is 0 Å². The van der Waals surface area contributed by atoms with E-state index in [9.17, 15) is 0 Å². The Labute approximate surface area is 106 Å². The average molecular weight is 289 g/mol. The summed E-state index contributed by atoms with van der Waals surface area (Å²) in [6.45, 7) is 0. The Balaban J connectivity index is 2.23. The zero-order chi connectivity index (χ0) is 11.7. The van der Waals surface area contributed by atoms with E-state index in [0.717, 1.165) is 22.2 Å². The van der Waals surface area contributed by atoms with Crippen LogP contribution in [-0.4, -0.2) is 20.0 Å². The highest BCUT2D eigenvalue weighted by atomic mass is 79.9. The number of pyridine rings is 1. The van der Waals surface area contributed by atoms with E-state index in [1.165, 1.54) is 0 Å². The van der Waals surface area contributed by atoms with Gasteiger partial charge in [0, 0.05) is 28.5 Å². The van der Waals surface area contributed by atoms with Crippen LogP contribution in [-0.2, 0) is 5.33 Å². The molecule has 5 heteroatoms. The summed E-state index contributed by atoms with van der Waals surface area (Å²) in [6, 6.07) is 8.04. The molecule has 84 valence electrons. The van der Waals surface area contributed by atoms with Gasteiger partial charge >= 0.3 is 0 Å². The summed E-state index contributed by atoms with van der Waals surface area (Å²) < 4.78 is 1.79. The van der Waals surface area contributed by atoms with Crippen LogP contribution in [0.25, 0.3) is 16.5 Å². The maximum atomic E-state index is 4.12. The predicted octanol–water partition coefficient (Wildman–Crippen LogP) is 2.71. The van der Waals surface area contributed by atoms with Gasteiger partial charge in [-0.25, -0.2) is 4.68 Å². The molecule has 0 saturated heterocycles. The third-order valence-electron chi connectivity index (χ3n) is 2.58. The van der Waals surface area contributed by atoms with Crippen LogP contribution in [0.5, 0.6) is 0 Å². The Hall–Kier alpha value is -1.75. The summed E-state index contributed by atoms with van der Waals surface area (Å²) in [5.74, 6) is 0. The van der Waals surface area contributed by atoms with Gasteiger partial charge in [0.1, 0.15) is 0 Å². The predicted molar refractivity (Wildman–Crippen MR) is 69.3 cm³/mol. The van der Waals surface area contributed by atoms with Gasteiger partial charge in [-0.05, 0) is 12.1 Å². The van der Waals surface area contributed by atoms with Gasteiger partial charge in [-0.3, -0.25) is 4.98 Å². The minimum Gasteiger partial charge on any atom is -0.264 e. The van der Waals surface area contributed by atoms with Crippen molar-refractivity contribution in [1.82, 2.24) is 20.0 Å². The zero-order valence-corrected chi connectivity index (χ0v) is 10.5. The van der Waals surface area contributed by atoms with Crippen LogP contribution in [0, 0.1) is 0 Å². The third kappa shape index (κ3) is 1.82. The van der Waals surface area contributed by atoms with Gasteiger partial charge in [-0.15, -0.1) is 5.10 Å². The van der Waals surface area contributed by atoms with Crippen LogP contribution in [0.1, 0.15) is 5.69 Å². The molecule has 4 nitrogen and oxygen atoms in total. The highest BCUT2D eigenvalue weighted by Gasteiger charge is 2.05. The molecule has 3 aromatic rings. The van der Waals surface area contributed by atoms with E-state index in [4.69, 9.17) is 0 Å². The number of hydrogen-bond donors (Lipinski definition) is 0. The number of nitrogens with zero attached hydrogens (tertiary/aromatic N) is 4. The molecule has 0 aliphatic rings. The van der Waals surface area contributed by atoms with Crippen molar-refractivity contribution in [3.8, 4) is 5.69 Å². The number of alkyl halides is 1. The van der Waals surface area contributed by atoms with Gasteiger partial charge < -0.3 is 0 Å². The molecule has 0 N–H and O–H groups in total. The molecule has 0 amide bonds. The molecule has 0 saturated carbocycles. The maximum Gasteiger partial charge on any atom is 0.0937 e. The normalized spacial score (nSPS) is 10.9. The molecule has 0 unspecified atom stereocenters. The first-order valence-electron chi connectivity index (χ1n) is 5.19. The largest absolute Gasteiger partial charge is 0.264 e. The molecule has 2 heterocycles. The fraction of sp³-hybridized carbons (Fsp3) is 0.0833. The van der Waals surface area contributed by atoms with Crippen molar-refractivity contribution in [3.63, 3.8) is 0 Å². The maximum absolute atomic E-state index is 4.12. The van der Waals surface area contributed by atoms with Crippen LogP contribution < -0.4 is 0 Å². The Morgan fingerprint density at radius 3 is 3.00 bits per heavy atom. The Morgan fingerprint density at radius 1 is 1.24 bits per heavy atom. The summed E-state index contributed by atoms with van der Waals surface area (Å²) in [5.41, 5.74) is 1.93. The smallest absolute Gasteiger partial charge is 0.0937 e. The molecule has 17 heavy (non-hydrogen) atoms. The minimum absolute atomic E-state index is 0.708. The van der Waals surface area contributed by atoms with Crippen LogP contribution in [0.15, 0.2) is 42.9 Å². The summed E-state index contributed by atoms with van der Waals surface area (Å²) in [7, 11) is 0. The van der Waals surface area contributed by atoms with Crippen LogP contribution in [0.3, 0.4) is 0 Å². The van der Waals surface area contributed by atoms with Crippen molar-refractivity contribution in [1.29, 1.82) is 0 Å². The van der Waals surface area contributed by atoms with E-state index >= 15 is 0 Å². The van der Waals surface area contributed by atoms with E-state index in [-0.39, 0.29) is 0 Å². The second-order valence-corrected chi connectivity index (χ2v) is 4.22. The first-order chi connectivity index (χ1) is 8.38. The van der Waals surface area contributed by atoms with Crippen molar-refractivity contribution in [2.45, 2.75) is 5.33 Å². The van der Waals surface area contributed by atoms with Gasteiger partial charge in [0.15, 0.2) is 0 Å². The second kappa shape index (κ2) is 4.25. The highest BCUT2D eigenvalue weighted by molar-refractivity contribution is 9.08. The standard InChI is InChI=1S/C12H9BrN4/c13-6-10-8-17(16-15-10)12-3-1-2-9-7-14-5-4-11(9)12/h1-5,7-8H,6H2. The highest BCUT2D eigenvalue weighted by Crippen LogP contribution is 2.20. The quantitative estimate of drug-likeness (QED) is 0.681. The fourth-order valence-corrected chi connectivity index (χ4v) is 2.04. The van der Waals surface area contributed by atoms with Crippen molar-refractivity contribution in [2.75, 3.05) is 0 Å². The number of aromatic nitrogens is 4. The molecule has 2 aromatic heterocycles. The van der Waals surface area contributed by atoms with Gasteiger partial charge in [-0.1, -0.05) is 33.3 Å². The Bertz CT molecular complexity index is 657. The summed E-state index contributed by atoms with van der Waals surface area (Å²) in [6.07, 6.45) is 5.55. The van der Waals surface area contributed by atoms with Gasteiger partial charge in [0.05, 0.1) is 17.6 Å². The molecule has 0 aliphatic carbocycles. The first-order valence-corrected chi connectivity index (χ1v) is 6.31. The van der Waals surface area contributed by atoms with Gasteiger partial charge in [0.25, 0.3) is 0 Å². The minimum atomic E-state index is 0.708. The number of fused-ring (bicyclic) bond motifs is 1. The van der Waals surface area contributed by atoms with Crippen molar-refractivity contribution >= 4 is 26.7 Å². The van der Waals surface area contributed by atoms with Crippen LogP contribution in [0.2, 0.25) is 0 Å². The molecular formula is C12H9BrN4.